The molecule has 1 aromatic rings. The van der Waals surface area contributed by atoms with Crippen LogP contribution in [0.15, 0.2) is 41.1 Å². The number of benzene rings is 1. The van der Waals surface area contributed by atoms with Gasteiger partial charge in [0.1, 0.15) is 5.75 Å². The van der Waals surface area contributed by atoms with E-state index in [0.717, 1.165) is 23.3 Å². The van der Waals surface area contributed by atoms with Gasteiger partial charge in [-0.15, -0.1) is 11.7 Å². The summed E-state index contributed by atoms with van der Waals surface area (Å²) in [6.07, 6.45) is 4.15. The van der Waals surface area contributed by atoms with Crippen molar-refractivity contribution < 1.29 is 4.74 Å². The molecule has 0 atom stereocenters. The van der Waals surface area contributed by atoms with E-state index < -0.39 is 0 Å². The molecule has 0 aliphatic rings. The van der Waals surface area contributed by atoms with Crippen LogP contribution in [-0.2, 0) is 6.42 Å². The lowest BCUT2D eigenvalue weighted by molar-refractivity contribution is 0.337. The lowest BCUT2D eigenvalue weighted by Crippen LogP contribution is -2.21. The van der Waals surface area contributed by atoms with Gasteiger partial charge in [-0.2, -0.15) is 5.10 Å². The SMILES string of the molecule is C=CCc1cc(C=NN=C(N)N)ccc1OCC. The Hall–Kier alpha value is -2.30. The van der Waals surface area contributed by atoms with Gasteiger partial charge in [-0.05, 0) is 42.7 Å². The van der Waals surface area contributed by atoms with E-state index in [1.165, 1.54) is 0 Å². The van der Waals surface area contributed by atoms with Gasteiger partial charge in [0.05, 0.1) is 12.8 Å². The van der Waals surface area contributed by atoms with Crippen LogP contribution in [0.1, 0.15) is 18.1 Å². The van der Waals surface area contributed by atoms with Crippen LogP contribution in [0.5, 0.6) is 5.75 Å². The summed E-state index contributed by atoms with van der Waals surface area (Å²) in [6, 6.07) is 5.76. The number of hydrogen-bond donors (Lipinski definition) is 2. The molecule has 0 spiro atoms. The Labute approximate surface area is 107 Å². The van der Waals surface area contributed by atoms with Gasteiger partial charge in [-0.1, -0.05) is 6.08 Å². The fourth-order valence-electron chi connectivity index (χ4n) is 1.45. The van der Waals surface area contributed by atoms with Gasteiger partial charge in [0.2, 0.25) is 5.96 Å². The van der Waals surface area contributed by atoms with Gasteiger partial charge in [0.15, 0.2) is 0 Å². The van der Waals surface area contributed by atoms with E-state index in [-0.39, 0.29) is 5.96 Å². The van der Waals surface area contributed by atoms with Crippen molar-refractivity contribution in [3.8, 4) is 5.75 Å². The molecule has 0 radical (unpaired) electrons. The monoisotopic (exact) mass is 246 g/mol. The molecule has 0 unspecified atom stereocenters. The minimum atomic E-state index is -0.0662. The molecule has 1 aromatic carbocycles. The maximum absolute atomic E-state index is 5.53. The standard InChI is InChI=1S/C13H18N4O/c1-3-5-11-8-10(9-16-17-13(14)15)6-7-12(11)18-4-2/h3,6-9H,1,4-5H2,2H3,(H4,14,15,17). The highest BCUT2D eigenvalue weighted by Crippen LogP contribution is 2.20. The summed E-state index contributed by atoms with van der Waals surface area (Å²) in [6.45, 7) is 6.31. The van der Waals surface area contributed by atoms with Crippen molar-refractivity contribution in [1.82, 2.24) is 0 Å². The second-order valence-electron chi connectivity index (χ2n) is 3.56. The van der Waals surface area contributed by atoms with Crippen LogP contribution in [0, 0.1) is 0 Å². The van der Waals surface area contributed by atoms with Crippen LogP contribution < -0.4 is 16.2 Å². The van der Waals surface area contributed by atoms with Gasteiger partial charge in [-0.3, -0.25) is 0 Å². The van der Waals surface area contributed by atoms with Crippen LogP contribution in [0.4, 0.5) is 0 Å². The van der Waals surface area contributed by atoms with Crippen LogP contribution >= 0.6 is 0 Å². The van der Waals surface area contributed by atoms with E-state index in [2.05, 4.69) is 16.8 Å². The fraction of sp³-hybridized carbons (Fsp3) is 0.231. The summed E-state index contributed by atoms with van der Waals surface area (Å²) >= 11 is 0. The van der Waals surface area contributed by atoms with Crippen LogP contribution in [-0.4, -0.2) is 18.8 Å². The summed E-state index contributed by atoms with van der Waals surface area (Å²) in [4.78, 5) is 0. The van der Waals surface area contributed by atoms with Gasteiger partial charge in [0.25, 0.3) is 0 Å². The third-order valence-corrected chi connectivity index (χ3v) is 2.13. The van der Waals surface area contributed by atoms with E-state index >= 15 is 0 Å². The maximum atomic E-state index is 5.53. The van der Waals surface area contributed by atoms with Gasteiger partial charge in [-0.25, -0.2) is 0 Å². The number of allylic oxidation sites excluding steroid dienone is 1. The van der Waals surface area contributed by atoms with E-state index in [9.17, 15) is 0 Å². The lowest BCUT2D eigenvalue weighted by Gasteiger charge is -2.09. The van der Waals surface area contributed by atoms with Crippen LogP contribution in [0.25, 0.3) is 0 Å². The van der Waals surface area contributed by atoms with E-state index in [1.54, 1.807) is 6.21 Å². The Morgan fingerprint density at radius 3 is 2.83 bits per heavy atom. The number of nitrogens with zero attached hydrogens (tertiary/aromatic N) is 2. The first-order valence-electron chi connectivity index (χ1n) is 5.66. The Morgan fingerprint density at radius 1 is 1.44 bits per heavy atom. The predicted octanol–water partition coefficient (Wildman–Crippen LogP) is 1.42. The third kappa shape index (κ3) is 4.29. The minimum absolute atomic E-state index is 0.0662. The normalized spacial score (nSPS) is 10.3. The fourth-order valence-corrected chi connectivity index (χ4v) is 1.45. The highest BCUT2D eigenvalue weighted by molar-refractivity contribution is 5.82. The molecule has 0 aliphatic heterocycles. The smallest absolute Gasteiger partial charge is 0.211 e. The van der Waals surface area contributed by atoms with Crippen LogP contribution in [0.3, 0.4) is 0 Å². The highest BCUT2D eigenvalue weighted by atomic mass is 16.5. The largest absolute Gasteiger partial charge is 0.494 e. The molecule has 5 heteroatoms. The first-order chi connectivity index (χ1) is 8.67. The summed E-state index contributed by atoms with van der Waals surface area (Å²) in [5, 5.41) is 7.31. The second-order valence-corrected chi connectivity index (χ2v) is 3.56. The summed E-state index contributed by atoms with van der Waals surface area (Å²) < 4.78 is 5.53. The summed E-state index contributed by atoms with van der Waals surface area (Å²) in [5.74, 6) is 0.792. The van der Waals surface area contributed by atoms with E-state index in [0.29, 0.717) is 6.61 Å². The minimum Gasteiger partial charge on any atom is -0.494 e. The number of ether oxygens (including phenoxy) is 1. The molecule has 0 heterocycles. The third-order valence-electron chi connectivity index (χ3n) is 2.13. The Balaban J connectivity index is 2.95. The maximum Gasteiger partial charge on any atom is 0.211 e. The van der Waals surface area contributed by atoms with E-state index in [1.807, 2.05) is 31.2 Å². The van der Waals surface area contributed by atoms with Gasteiger partial charge >= 0.3 is 0 Å². The predicted molar refractivity (Wildman–Crippen MR) is 74.9 cm³/mol. The molecule has 0 saturated heterocycles. The Kier molecular flexibility index (Phi) is 5.44. The van der Waals surface area contributed by atoms with Crippen molar-refractivity contribution in [2.24, 2.45) is 21.7 Å². The van der Waals surface area contributed by atoms with Crippen molar-refractivity contribution in [2.45, 2.75) is 13.3 Å². The van der Waals surface area contributed by atoms with Gasteiger partial charge < -0.3 is 16.2 Å². The molecular formula is C13H18N4O. The average Bonchev–Trinajstić information content (AvgIpc) is 2.32. The molecule has 5 nitrogen and oxygen atoms in total. The number of rotatable bonds is 6. The first-order valence-corrected chi connectivity index (χ1v) is 5.66. The van der Waals surface area contributed by atoms with Crippen LogP contribution in [0.2, 0.25) is 0 Å². The quantitative estimate of drug-likeness (QED) is 0.344. The summed E-state index contributed by atoms with van der Waals surface area (Å²) in [5.41, 5.74) is 12.3. The molecule has 18 heavy (non-hydrogen) atoms. The van der Waals surface area contributed by atoms with Crippen molar-refractivity contribution in [2.75, 3.05) is 6.61 Å². The Morgan fingerprint density at radius 2 is 2.22 bits per heavy atom. The second kappa shape index (κ2) is 7.11. The molecule has 4 N–H and O–H groups in total. The molecule has 0 bridgehead atoms. The zero-order valence-corrected chi connectivity index (χ0v) is 10.5. The highest BCUT2D eigenvalue weighted by Gasteiger charge is 2.02. The van der Waals surface area contributed by atoms with Crippen molar-refractivity contribution in [1.29, 1.82) is 0 Å². The molecule has 1 rings (SSSR count). The molecule has 0 amide bonds. The number of guanidine groups is 1. The Bertz CT molecular complexity index is 462. The molecule has 0 aromatic heterocycles. The van der Waals surface area contributed by atoms with Crippen molar-refractivity contribution in [3.05, 3.63) is 42.0 Å². The molecule has 0 fully saturated rings. The first kappa shape index (κ1) is 13.8. The zero-order valence-electron chi connectivity index (χ0n) is 10.5. The van der Waals surface area contributed by atoms with Crippen molar-refractivity contribution >= 4 is 12.2 Å². The van der Waals surface area contributed by atoms with Crippen molar-refractivity contribution in [3.63, 3.8) is 0 Å². The van der Waals surface area contributed by atoms with E-state index in [4.69, 9.17) is 16.2 Å². The van der Waals surface area contributed by atoms with Gasteiger partial charge in [0, 0.05) is 0 Å². The lowest BCUT2D eigenvalue weighted by atomic mass is 10.1. The molecule has 0 saturated carbocycles. The molecule has 0 aliphatic carbocycles. The molecule has 96 valence electrons. The zero-order chi connectivity index (χ0) is 13.4. The number of hydrogen-bond acceptors (Lipinski definition) is 3. The number of nitrogens with two attached hydrogens (primary N) is 2. The summed E-state index contributed by atoms with van der Waals surface area (Å²) in [7, 11) is 0. The average molecular weight is 246 g/mol. The topological polar surface area (TPSA) is 86.0 Å². The molecular weight excluding hydrogens is 228 g/mol.